The lowest BCUT2D eigenvalue weighted by Gasteiger charge is -2.36. The average molecular weight is 342 g/mol. The Labute approximate surface area is 146 Å². The van der Waals surface area contributed by atoms with Crippen LogP contribution in [0.4, 0.5) is 0 Å². The standard InChI is InChI=1S/C19H22N2O2S/c1-19(2)9-5-6-12(10-19)21-17-13-7-3-4-8-15(13)24-11-14(17)16(20-21)18(22)23/h3-4,7-8,12H,5-6,9-11H2,1-2H3,(H,22,23). The molecule has 4 rings (SSSR count). The molecule has 2 aromatic rings. The number of aromatic nitrogens is 2. The molecule has 1 unspecified atom stereocenters. The number of benzene rings is 1. The predicted octanol–water partition coefficient (Wildman–Crippen LogP) is 5.00. The van der Waals surface area contributed by atoms with Crippen molar-refractivity contribution in [1.82, 2.24) is 9.78 Å². The van der Waals surface area contributed by atoms with Gasteiger partial charge in [0.15, 0.2) is 5.69 Å². The van der Waals surface area contributed by atoms with Gasteiger partial charge in [0.25, 0.3) is 0 Å². The van der Waals surface area contributed by atoms with Crippen molar-refractivity contribution in [3.05, 3.63) is 35.5 Å². The van der Waals surface area contributed by atoms with Crippen molar-refractivity contribution in [3.8, 4) is 11.3 Å². The van der Waals surface area contributed by atoms with Crippen LogP contribution >= 0.6 is 11.8 Å². The summed E-state index contributed by atoms with van der Waals surface area (Å²) in [6.07, 6.45) is 4.53. The van der Waals surface area contributed by atoms with Gasteiger partial charge in [-0.2, -0.15) is 5.10 Å². The van der Waals surface area contributed by atoms with Crippen LogP contribution < -0.4 is 0 Å². The van der Waals surface area contributed by atoms with Gasteiger partial charge >= 0.3 is 5.97 Å². The summed E-state index contributed by atoms with van der Waals surface area (Å²) in [4.78, 5) is 12.9. The van der Waals surface area contributed by atoms with Gasteiger partial charge in [0.05, 0.1) is 11.7 Å². The molecule has 0 spiro atoms. The van der Waals surface area contributed by atoms with Gasteiger partial charge in [-0.15, -0.1) is 11.8 Å². The van der Waals surface area contributed by atoms with E-state index in [0.717, 1.165) is 29.7 Å². The topological polar surface area (TPSA) is 55.1 Å². The molecule has 0 radical (unpaired) electrons. The second-order valence-electron chi connectivity index (χ2n) is 7.62. The van der Waals surface area contributed by atoms with Crippen molar-refractivity contribution in [2.24, 2.45) is 5.41 Å². The van der Waals surface area contributed by atoms with E-state index in [-0.39, 0.29) is 17.2 Å². The van der Waals surface area contributed by atoms with Gasteiger partial charge in [0.2, 0.25) is 0 Å². The van der Waals surface area contributed by atoms with E-state index in [1.165, 1.54) is 17.7 Å². The zero-order valence-electron chi connectivity index (χ0n) is 14.1. The number of rotatable bonds is 2. The third-order valence-corrected chi connectivity index (χ3v) is 6.35. The highest BCUT2D eigenvalue weighted by molar-refractivity contribution is 7.98. The summed E-state index contributed by atoms with van der Waals surface area (Å²) in [6.45, 7) is 4.61. The first kappa shape index (κ1) is 15.8. The third-order valence-electron chi connectivity index (χ3n) is 5.25. The van der Waals surface area contributed by atoms with Crippen molar-refractivity contribution < 1.29 is 9.90 Å². The molecule has 1 atom stereocenters. The molecule has 2 aliphatic rings. The Hall–Kier alpha value is -1.75. The van der Waals surface area contributed by atoms with E-state index in [0.29, 0.717) is 5.75 Å². The Morgan fingerprint density at radius 3 is 2.92 bits per heavy atom. The van der Waals surface area contributed by atoms with Crippen molar-refractivity contribution in [2.75, 3.05) is 0 Å². The number of hydrogen-bond donors (Lipinski definition) is 1. The maximum Gasteiger partial charge on any atom is 0.356 e. The largest absolute Gasteiger partial charge is 0.476 e. The second kappa shape index (κ2) is 5.66. The molecule has 1 aliphatic heterocycles. The summed E-state index contributed by atoms with van der Waals surface area (Å²) in [5, 5.41) is 14.2. The zero-order chi connectivity index (χ0) is 16.9. The number of thioether (sulfide) groups is 1. The highest BCUT2D eigenvalue weighted by Crippen LogP contribution is 2.47. The number of fused-ring (bicyclic) bond motifs is 3. The van der Waals surface area contributed by atoms with Crippen LogP contribution in [-0.2, 0) is 5.75 Å². The molecule has 24 heavy (non-hydrogen) atoms. The van der Waals surface area contributed by atoms with Gasteiger partial charge < -0.3 is 5.11 Å². The summed E-state index contributed by atoms with van der Waals surface area (Å²) in [5.41, 5.74) is 3.56. The van der Waals surface area contributed by atoms with Crippen molar-refractivity contribution in [3.63, 3.8) is 0 Å². The number of carboxylic acid groups (broad SMARTS) is 1. The molecule has 126 valence electrons. The molecule has 0 saturated heterocycles. The third kappa shape index (κ3) is 2.55. The van der Waals surface area contributed by atoms with Gasteiger partial charge in [0.1, 0.15) is 0 Å². The summed E-state index contributed by atoms with van der Waals surface area (Å²) < 4.78 is 2.04. The van der Waals surface area contributed by atoms with Gasteiger partial charge in [0, 0.05) is 21.8 Å². The quantitative estimate of drug-likeness (QED) is 0.835. The first-order valence-electron chi connectivity index (χ1n) is 8.53. The van der Waals surface area contributed by atoms with Gasteiger partial charge in [-0.1, -0.05) is 38.5 Å². The monoisotopic (exact) mass is 342 g/mol. The maximum atomic E-state index is 11.7. The average Bonchev–Trinajstić information content (AvgIpc) is 2.94. The van der Waals surface area contributed by atoms with Crippen LogP contribution in [0.1, 0.15) is 61.6 Å². The summed E-state index contributed by atoms with van der Waals surface area (Å²) >= 11 is 1.71. The van der Waals surface area contributed by atoms with E-state index in [2.05, 4.69) is 31.1 Å². The van der Waals surface area contributed by atoms with E-state index >= 15 is 0 Å². The van der Waals surface area contributed by atoms with E-state index in [1.54, 1.807) is 11.8 Å². The van der Waals surface area contributed by atoms with Crippen LogP contribution in [0.15, 0.2) is 29.2 Å². The van der Waals surface area contributed by atoms with Gasteiger partial charge in [-0.3, -0.25) is 4.68 Å². The number of aromatic carboxylic acids is 1. The Balaban J connectivity index is 1.88. The number of carboxylic acids is 1. The van der Waals surface area contributed by atoms with Gasteiger partial charge in [-0.25, -0.2) is 4.79 Å². The zero-order valence-corrected chi connectivity index (χ0v) is 14.9. The molecular formula is C19H22N2O2S. The molecule has 2 heterocycles. The fourth-order valence-electron chi connectivity index (χ4n) is 4.13. The maximum absolute atomic E-state index is 11.7. The predicted molar refractivity (Wildman–Crippen MR) is 95.5 cm³/mol. The molecule has 4 nitrogen and oxygen atoms in total. The molecule has 1 aromatic carbocycles. The Kier molecular flexibility index (Phi) is 3.71. The lowest BCUT2D eigenvalue weighted by Crippen LogP contribution is -2.26. The number of carbonyl (C=O) groups is 1. The first-order valence-corrected chi connectivity index (χ1v) is 9.52. The molecule has 5 heteroatoms. The Bertz CT molecular complexity index is 810. The summed E-state index contributed by atoms with van der Waals surface area (Å²) in [5.74, 6) is -0.232. The van der Waals surface area contributed by atoms with Crippen molar-refractivity contribution >= 4 is 17.7 Å². The molecule has 0 amide bonds. The van der Waals surface area contributed by atoms with Crippen LogP contribution in [0.3, 0.4) is 0 Å². The second-order valence-corrected chi connectivity index (χ2v) is 8.64. The molecular weight excluding hydrogens is 320 g/mol. The normalized spacial score (nSPS) is 21.8. The van der Waals surface area contributed by atoms with E-state index in [1.807, 2.05) is 16.8 Å². The molecule has 0 bridgehead atoms. The Morgan fingerprint density at radius 2 is 2.17 bits per heavy atom. The van der Waals surface area contributed by atoms with Crippen LogP contribution in [-0.4, -0.2) is 20.9 Å². The molecule has 1 N–H and O–H groups in total. The van der Waals surface area contributed by atoms with Crippen LogP contribution in [0, 0.1) is 5.41 Å². The summed E-state index contributed by atoms with van der Waals surface area (Å²) in [7, 11) is 0. The van der Waals surface area contributed by atoms with E-state index in [4.69, 9.17) is 0 Å². The fourth-order valence-corrected chi connectivity index (χ4v) is 5.20. The van der Waals surface area contributed by atoms with E-state index < -0.39 is 5.97 Å². The lowest BCUT2D eigenvalue weighted by atomic mass is 9.75. The minimum Gasteiger partial charge on any atom is -0.476 e. The molecule has 1 aliphatic carbocycles. The van der Waals surface area contributed by atoms with Crippen LogP contribution in [0.2, 0.25) is 0 Å². The van der Waals surface area contributed by atoms with Crippen LogP contribution in [0.25, 0.3) is 11.3 Å². The van der Waals surface area contributed by atoms with Gasteiger partial charge in [-0.05, 0) is 30.7 Å². The van der Waals surface area contributed by atoms with Crippen LogP contribution in [0.5, 0.6) is 0 Å². The number of hydrogen-bond acceptors (Lipinski definition) is 3. The SMILES string of the molecule is CC1(C)CCCC(n2nc(C(=O)O)c3c2-c2ccccc2SC3)C1. The highest BCUT2D eigenvalue weighted by Gasteiger charge is 2.35. The number of nitrogens with zero attached hydrogens (tertiary/aromatic N) is 2. The highest BCUT2D eigenvalue weighted by atomic mass is 32.2. The van der Waals surface area contributed by atoms with Crippen molar-refractivity contribution in [1.29, 1.82) is 0 Å². The fraction of sp³-hybridized carbons (Fsp3) is 0.474. The smallest absolute Gasteiger partial charge is 0.356 e. The Morgan fingerprint density at radius 1 is 1.38 bits per heavy atom. The molecule has 1 aromatic heterocycles. The lowest BCUT2D eigenvalue weighted by molar-refractivity contribution is 0.0687. The van der Waals surface area contributed by atoms with Crippen molar-refractivity contribution in [2.45, 2.75) is 56.2 Å². The summed E-state index contributed by atoms with van der Waals surface area (Å²) in [6, 6.07) is 8.56. The molecule has 1 fully saturated rings. The molecule has 1 saturated carbocycles. The minimum atomic E-state index is -0.917. The minimum absolute atomic E-state index is 0.232. The first-order chi connectivity index (χ1) is 11.5. The van der Waals surface area contributed by atoms with E-state index in [9.17, 15) is 9.90 Å².